The molecule has 1 heterocycles. The van der Waals surface area contributed by atoms with Crippen molar-refractivity contribution in [2.24, 2.45) is 0 Å². The topological polar surface area (TPSA) is 50.7 Å². The molecule has 4 nitrogen and oxygen atoms in total. The van der Waals surface area contributed by atoms with E-state index in [1.54, 1.807) is 7.11 Å². The van der Waals surface area contributed by atoms with Crippen LogP contribution in [0.1, 0.15) is 0 Å². The molecule has 11 heavy (non-hydrogen) atoms. The molecule has 1 saturated heterocycles. The van der Waals surface area contributed by atoms with Gasteiger partial charge in [0.2, 0.25) is 0 Å². The summed E-state index contributed by atoms with van der Waals surface area (Å²) in [6, 6.07) is 0.0881. The van der Waals surface area contributed by atoms with Crippen molar-refractivity contribution in [3.63, 3.8) is 0 Å². The summed E-state index contributed by atoms with van der Waals surface area (Å²) in [4.78, 5) is 0. The van der Waals surface area contributed by atoms with Crippen molar-refractivity contribution < 1.29 is 14.6 Å². The van der Waals surface area contributed by atoms with E-state index < -0.39 is 0 Å². The molecule has 0 aliphatic carbocycles. The van der Waals surface area contributed by atoms with Crippen LogP contribution in [0.3, 0.4) is 0 Å². The SMILES string of the molecule is COCCNC1COCC1O. The van der Waals surface area contributed by atoms with Crippen molar-refractivity contribution in [2.45, 2.75) is 12.1 Å². The molecule has 0 saturated carbocycles. The van der Waals surface area contributed by atoms with Crippen LogP contribution in [0.2, 0.25) is 0 Å². The first-order valence-electron chi connectivity index (χ1n) is 3.82. The Bertz CT molecular complexity index is 110. The Balaban J connectivity index is 2.05. The Labute approximate surface area is 66.5 Å². The van der Waals surface area contributed by atoms with E-state index in [9.17, 15) is 5.11 Å². The summed E-state index contributed by atoms with van der Waals surface area (Å²) in [7, 11) is 1.66. The second-order valence-corrected chi connectivity index (χ2v) is 2.66. The van der Waals surface area contributed by atoms with Gasteiger partial charge in [0.05, 0.1) is 32.0 Å². The first-order valence-corrected chi connectivity index (χ1v) is 3.82. The van der Waals surface area contributed by atoms with Crippen molar-refractivity contribution in [2.75, 3.05) is 33.5 Å². The number of nitrogens with one attached hydrogen (secondary N) is 1. The lowest BCUT2D eigenvalue weighted by Crippen LogP contribution is -2.40. The summed E-state index contributed by atoms with van der Waals surface area (Å²) in [6.45, 7) is 2.49. The second kappa shape index (κ2) is 4.66. The van der Waals surface area contributed by atoms with Crippen LogP contribution in [0, 0.1) is 0 Å². The van der Waals surface area contributed by atoms with Gasteiger partial charge in [-0.25, -0.2) is 0 Å². The Morgan fingerprint density at radius 2 is 2.45 bits per heavy atom. The average molecular weight is 161 g/mol. The van der Waals surface area contributed by atoms with E-state index in [0.29, 0.717) is 19.8 Å². The molecule has 0 amide bonds. The molecular formula is C7H15NO3. The van der Waals surface area contributed by atoms with Crippen LogP contribution in [0.25, 0.3) is 0 Å². The van der Waals surface area contributed by atoms with Gasteiger partial charge in [0.25, 0.3) is 0 Å². The fourth-order valence-electron chi connectivity index (χ4n) is 1.08. The van der Waals surface area contributed by atoms with Crippen molar-refractivity contribution in [3.05, 3.63) is 0 Å². The van der Waals surface area contributed by atoms with Crippen molar-refractivity contribution in [1.82, 2.24) is 5.32 Å². The fraction of sp³-hybridized carbons (Fsp3) is 1.00. The zero-order valence-corrected chi connectivity index (χ0v) is 6.75. The minimum atomic E-state index is -0.355. The lowest BCUT2D eigenvalue weighted by atomic mass is 10.2. The highest BCUT2D eigenvalue weighted by Gasteiger charge is 2.24. The van der Waals surface area contributed by atoms with Crippen molar-refractivity contribution in [3.8, 4) is 0 Å². The normalized spacial score (nSPS) is 31.1. The summed E-state index contributed by atoms with van der Waals surface area (Å²) in [5.41, 5.74) is 0. The minimum Gasteiger partial charge on any atom is -0.389 e. The average Bonchev–Trinajstić information content (AvgIpc) is 2.37. The van der Waals surface area contributed by atoms with E-state index in [1.807, 2.05) is 0 Å². The summed E-state index contributed by atoms with van der Waals surface area (Å²) >= 11 is 0. The molecule has 0 spiro atoms. The van der Waals surface area contributed by atoms with E-state index in [4.69, 9.17) is 9.47 Å². The maximum atomic E-state index is 9.26. The standard InChI is InChI=1S/C7H15NO3/c1-10-3-2-8-6-4-11-5-7(6)9/h6-9H,2-5H2,1H3. The molecule has 2 N–H and O–H groups in total. The predicted molar refractivity (Wildman–Crippen MR) is 40.5 cm³/mol. The van der Waals surface area contributed by atoms with Gasteiger partial charge < -0.3 is 19.9 Å². The van der Waals surface area contributed by atoms with Gasteiger partial charge in [0.15, 0.2) is 0 Å². The molecule has 0 radical (unpaired) electrons. The maximum Gasteiger partial charge on any atom is 0.0948 e. The summed E-state index contributed by atoms with van der Waals surface area (Å²) in [6.07, 6.45) is -0.355. The van der Waals surface area contributed by atoms with E-state index in [1.165, 1.54) is 0 Å². The monoisotopic (exact) mass is 161 g/mol. The maximum absolute atomic E-state index is 9.26. The van der Waals surface area contributed by atoms with Crippen molar-refractivity contribution in [1.29, 1.82) is 0 Å². The molecular weight excluding hydrogens is 146 g/mol. The third-order valence-electron chi connectivity index (χ3n) is 1.76. The number of hydrogen-bond acceptors (Lipinski definition) is 4. The van der Waals surface area contributed by atoms with Crippen LogP contribution in [0.4, 0.5) is 0 Å². The number of hydrogen-bond donors (Lipinski definition) is 2. The number of methoxy groups -OCH3 is 1. The molecule has 2 atom stereocenters. The minimum absolute atomic E-state index is 0.0881. The van der Waals surface area contributed by atoms with Crippen LogP contribution in [0.15, 0.2) is 0 Å². The molecule has 1 aliphatic heterocycles. The molecule has 2 unspecified atom stereocenters. The van der Waals surface area contributed by atoms with Crippen LogP contribution < -0.4 is 5.32 Å². The highest BCUT2D eigenvalue weighted by molar-refractivity contribution is 4.80. The van der Waals surface area contributed by atoms with Gasteiger partial charge in [0.1, 0.15) is 0 Å². The summed E-state index contributed by atoms with van der Waals surface area (Å²) in [5.74, 6) is 0. The quantitative estimate of drug-likeness (QED) is 0.518. The largest absolute Gasteiger partial charge is 0.389 e. The zero-order valence-electron chi connectivity index (χ0n) is 6.75. The van der Waals surface area contributed by atoms with Gasteiger partial charge in [-0.15, -0.1) is 0 Å². The molecule has 1 rings (SSSR count). The van der Waals surface area contributed by atoms with Crippen LogP contribution >= 0.6 is 0 Å². The van der Waals surface area contributed by atoms with Gasteiger partial charge in [0, 0.05) is 13.7 Å². The van der Waals surface area contributed by atoms with Crippen LogP contribution in [-0.2, 0) is 9.47 Å². The van der Waals surface area contributed by atoms with Gasteiger partial charge in [-0.2, -0.15) is 0 Å². The molecule has 0 aromatic heterocycles. The first-order chi connectivity index (χ1) is 5.34. The van der Waals surface area contributed by atoms with Crippen LogP contribution in [0.5, 0.6) is 0 Å². The Morgan fingerprint density at radius 1 is 1.64 bits per heavy atom. The van der Waals surface area contributed by atoms with Gasteiger partial charge in [-0.3, -0.25) is 0 Å². The predicted octanol–water partition coefficient (Wildman–Crippen LogP) is -1.02. The first kappa shape index (κ1) is 8.93. The molecule has 1 fully saturated rings. The fourth-order valence-corrected chi connectivity index (χ4v) is 1.08. The summed E-state index contributed by atoms with van der Waals surface area (Å²) < 4.78 is 9.90. The molecule has 0 bridgehead atoms. The highest BCUT2D eigenvalue weighted by atomic mass is 16.5. The van der Waals surface area contributed by atoms with Gasteiger partial charge >= 0.3 is 0 Å². The third-order valence-corrected chi connectivity index (χ3v) is 1.76. The van der Waals surface area contributed by atoms with Gasteiger partial charge in [-0.05, 0) is 0 Å². The molecule has 4 heteroatoms. The molecule has 0 aromatic carbocycles. The smallest absolute Gasteiger partial charge is 0.0948 e. The Kier molecular flexibility index (Phi) is 3.79. The Morgan fingerprint density at radius 3 is 3.00 bits per heavy atom. The molecule has 0 aromatic rings. The van der Waals surface area contributed by atoms with Gasteiger partial charge in [-0.1, -0.05) is 0 Å². The van der Waals surface area contributed by atoms with E-state index in [2.05, 4.69) is 5.32 Å². The van der Waals surface area contributed by atoms with E-state index in [-0.39, 0.29) is 12.1 Å². The number of aliphatic hydroxyl groups is 1. The van der Waals surface area contributed by atoms with E-state index >= 15 is 0 Å². The lowest BCUT2D eigenvalue weighted by molar-refractivity contribution is 0.121. The molecule has 66 valence electrons. The number of rotatable bonds is 4. The summed E-state index contributed by atoms with van der Waals surface area (Å²) in [5, 5.41) is 12.4. The molecule has 1 aliphatic rings. The highest BCUT2D eigenvalue weighted by Crippen LogP contribution is 2.03. The van der Waals surface area contributed by atoms with Crippen molar-refractivity contribution >= 4 is 0 Å². The Hall–Kier alpha value is -0.160. The van der Waals surface area contributed by atoms with Crippen LogP contribution in [-0.4, -0.2) is 50.7 Å². The van der Waals surface area contributed by atoms with E-state index in [0.717, 1.165) is 6.54 Å². The lowest BCUT2D eigenvalue weighted by Gasteiger charge is -2.13. The number of aliphatic hydroxyl groups excluding tert-OH is 1. The second-order valence-electron chi connectivity index (χ2n) is 2.66. The zero-order chi connectivity index (χ0) is 8.10. The third kappa shape index (κ3) is 2.75. The number of ether oxygens (including phenoxy) is 2.